The molecule has 1 heterocycles. The third-order valence-corrected chi connectivity index (χ3v) is 3.38. The number of phenols is 1. The summed E-state index contributed by atoms with van der Waals surface area (Å²) in [4.78, 5) is 24.7. The molecule has 0 atom stereocenters. The number of rotatable bonds is 2. The summed E-state index contributed by atoms with van der Waals surface area (Å²) in [5.74, 6) is -1.42. The van der Waals surface area contributed by atoms with Crippen molar-refractivity contribution in [2.24, 2.45) is 0 Å². The van der Waals surface area contributed by atoms with Crippen LogP contribution < -0.4 is 5.32 Å². The molecule has 7 heteroatoms. The first-order valence-corrected chi connectivity index (χ1v) is 6.54. The molecule has 0 unspecified atom stereocenters. The highest BCUT2D eigenvalue weighted by molar-refractivity contribution is 5.94. The van der Waals surface area contributed by atoms with E-state index in [9.17, 15) is 14.7 Å². The van der Waals surface area contributed by atoms with E-state index in [2.05, 4.69) is 5.32 Å². The summed E-state index contributed by atoms with van der Waals surface area (Å²) in [6, 6.07) is 3.43. The molecule has 1 aliphatic heterocycles. The number of phenolic OH excluding ortho intramolecular Hbond substituents is 1. The predicted molar refractivity (Wildman–Crippen MR) is 75.7 cm³/mol. The van der Waals surface area contributed by atoms with Crippen LogP contribution in [0.3, 0.4) is 0 Å². The van der Waals surface area contributed by atoms with Crippen molar-refractivity contribution in [2.45, 2.75) is 19.4 Å². The summed E-state index contributed by atoms with van der Waals surface area (Å²) in [5.41, 5.74) is -0.316. The van der Waals surface area contributed by atoms with Crippen molar-refractivity contribution < 1.29 is 24.5 Å². The van der Waals surface area contributed by atoms with Gasteiger partial charge in [0, 0.05) is 6.54 Å². The molecule has 3 N–H and O–H groups in total. The van der Waals surface area contributed by atoms with Gasteiger partial charge in [-0.15, -0.1) is 0 Å². The van der Waals surface area contributed by atoms with Crippen molar-refractivity contribution in [3.63, 3.8) is 0 Å². The fourth-order valence-electron chi connectivity index (χ4n) is 2.19. The molecule has 1 aliphatic rings. The first kappa shape index (κ1) is 15.1. The lowest BCUT2D eigenvalue weighted by atomic mass is 10.0. The minimum atomic E-state index is -1.14. The summed E-state index contributed by atoms with van der Waals surface area (Å²) >= 11 is 0. The molecule has 0 radical (unpaired) electrons. The molecule has 2 rings (SSSR count). The fraction of sp³-hybridized carbons (Fsp3) is 0.429. The number of ether oxygens (including phenoxy) is 1. The maximum absolute atomic E-state index is 12.3. The van der Waals surface area contributed by atoms with Crippen molar-refractivity contribution >= 4 is 17.7 Å². The minimum absolute atomic E-state index is 0.0443. The Kier molecular flexibility index (Phi) is 4.04. The molecular formula is C14H18N2O5. The second kappa shape index (κ2) is 5.61. The number of hydrogen-bond donors (Lipinski definition) is 3. The largest absolute Gasteiger partial charge is 0.506 e. The van der Waals surface area contributed by atoms with E-state index >= 15 is 0 Å². The molecule has 0 bridgehead atoms. The average Bonchev–Trinajstić information content (AvgIpc) is 2.40. The quantitative estimate of drug-likeness (QED) is 0.721. The van der Waals surface area contributed by atoms with Gasteiger partial charge in [0.05, 0.1) is 30.0 Å². The van der Waals surface area contributed by atoms with Crippen LogP contribution in [0, 0.1) is 0 Å². The van der Waals surface area contributed by atoms with Gasteiger partial charge in [-0.05, 0) is 32.0 Å². The summed E-state index contributed by atoms with van der Waals surface area (Å²) in [5, 5.41) is 21.2. The zero-order valence-corrected chi connectivity index (χ0v) is 11.9. The first-order chi connectivity index (χ1) is 9.81. The lowest BCUT2D eigenvalue weighted by Crippen LogP contribution is -2.56. The van der Waals surface area contributed by atoms with Crippen LogP contribution in [0.15, 0.2) is 18.2 Å². The zero-order valence-electron chi connectivity index (χ0n) is 11.9. The third-order valence-electron chi connectivity index (χ3n) is 3.38. The van der Waals surface area contributed by atoms with Crippen LogP contribution in [0.2, 0.25) is 0 Å². The number of carboxylic acid groups (broad SMARTS) is 1. The average molecular weight is 294 g/mol. The van der Waals surface area contributed by atoms with E-state index in [1.54, 1.807) is 4.90 Å². The minimum Gasteiger partial charge on any atom is -0.506 e. The summed E-state index contributed by atoms with van der Waals surface area (Å²) in [6.07, 6.45) is 0. The number of morpholine rings is 1. The highest BCUT2D eigenvalue weighted by Crippen LogP contribution is 2.26. The Morgan fingerprint density at radius 3 is 2.67 bits per heavy atom. The normalized spacial score (nSPS) is 17.3. The molecule has 2 amide bonds. The van der Waals surface area contributed by atoms with Crippen LogP contribution in [0.5, 0.6) is 5.75 Å². The number of carboxylic acids is 1. The predicted octanol–water partition coefficient (Wildman–Crippen LogP) is 1.73. The number of aromatic carboxylic acids is 1. The van der Waals surface area contributed by atoms with Gasteiger partial charge in [0.15, 0.2) is 0 Å². The highest BCUT2D eigenvalue weighted by Gasteiger charge is 2.34. The second-order valence-corrected chi connectivity index (χ2v) is 5.48. The highest BCUT2D eigenvalue weighted by atomic mass is 16.5. The summed E-state index contributed by atoms with van der Waals surface area (Å²) < 4.78 is 5.34. The molecule has 1 aromatic rings. The zero-order chi connectivity index (χ0) is 15.6. The Balaban J connectivity index is 2.14. The van der Waals surface area contributed by atoms with E-state index in [1.165, 1.54) is 12.1 Å². The van der Waals surface area contributed by atoms with Crippen LogP contribution in [0.25, 0.3) is 0 Å². The smallest absolute Gasteiger partial charge is 0.335 e. The number of aromatic hydroxyl groups is 1. The second-order valence-electron chi connectivity index (χ2n) is 5.48. The Hall–Kier alpha value is -2.28. The van der Waals surface area contributed by atoms with E-state index < -0.39 is 11.5 Å². The number of benzene rings is 1. The maximum Gasteiger partial charge on any atom is 0.335 e. The number of carbonyl (C=O) groups is 2. The van der Waals surface area contributed by atoms with E-state index in [0.717, 1.165) is 6.07 Å². The van der Waals surface area contributed by atoms with Gasteiger partial charge in [-0.25, -0.2) is 9.59 Å². The van der Waals surface area contributed by atoms with Gasteiger partial charge in [0.1, 0.15) is 5.75 Å². The summed E-state index contributed by atoms with van der Waals surface area (Å²) in [6.45, 7) is 5.12. The standard InChI is InChI=1S/C14H18N2O5/c1-14(2)8-21-6-5-16(14)13(20)15-10-4-3-9(12(18)19)7-11(10)17/h3-4,7,17H,5-6,8H2,1-2H3,(H,15,20)(H,18,19). The molecule has 0 aromatic heterocycles. The molecule has 21 heavy (non-hydrogen) atoms. The molecule has 0 saturated carbocycles. The third kappa shape index (κ3) is 3.25. The number of amides is 2. The summed E-state index contributed by atoms with van der Waals surface area (Å²) in [7, 11) is 0. The fourth-order valence-corrected chi connectivity index (χ4v) is 2.19. The van der Waals surface area contributed by atoms with Crippen LogP contribution in [-0.4, -0.2) is 52.4 Å². The van der Waals surface area contributed by atoms with Crippen molar-refractivity contribution in [1.82, 2.24) is 4.90 Å². The van der Waals surface area contributed by atoms with Crippen LogP contribution >= 0.6 is 0 Å². The van der Waals surface area contributed by atoms with Crippen molar-refractivity contribution in [1.29, 1.82) is 0 Å². The van der Waals surface area contributed by atoms with Gasteiger partial charge < -0.3 is 25.2 Å². The van der Waals surface area contributed by atoms with Gasteiger partial charge in [-0.1, -0.05) is 0 Å². The molecular weight excluding hydrogens is 276 g/mol. The van der Waals surface area contributed by atoms with Crippen LogP contribution in [0.1, 0.15) is 24.2 Å². The lowest BCUT2D eigenvalue weighted by Gasteiger charge is -2.41. The molecule has 1 saturated heterocycles. The molecule has 0 aliphatic carbocycles. The Bertz CT molecular complexity index is 570. The number of nitrogens with zero attached hydrogens (tertiary/aromatic N) is 1. The number of anilines is 1. The van der Waals surface area contributed by atoms with Crippen molar-refractivity contribution in [2.75, 3.05) is 25.1 Å². The molecule has 7 nitrogen and oxygen atoms in total. The lowest BCUT2D eigenvalue weighted by molar-refractivity contribution is -0.0249. The van der Waals surface area contributed by atoms with E-state index in [1.807, 2.05) is 13.8 Å². The number of hydrogen-bond acceptors (Lipinski definition) is 4. The van der Waals surface area contributed by atoms with Crippen molar-refractivity contribution in [3.8, 4) is 5.75 Å². The Morgan fingerprint density at radius 1 is 1.38 bits per heavy atom. The van der Waals surface area contributed by atoms with Crippen molar-refractivity contribution in [3.05, 3.63) is 23.8 Å². The molecule has 1 fully saturated rings. The molecule has 1 aromatic carbocycles. The van der Waals surface area contributed by atoms with Gasteiger partial charge in [0.25, 0.3) is 0 Å². The maximum atomic E-state index is 12.3. The monoisotopic (exact) mass is 294 g/mol. The number of carbonyl (C=O) groups excluding carboxylic acids is 1. The van der Waals surface area contributed by atoms with Gasteiger partial charge in [-0.3, -0.25) is 0 Å². The Labute approximate surface area is 122 Å². The molecule has 0 spiro atoms. The van der Waals surface area contributed by atoms with E-state index in [0.29, 0.717) is 19.8 Å². The first-order valence-electron chi connectivity index (χ1n) is 6.54. The van der Waals surface area contributed by atoms with Gasteiger partial charge in [0.2, 0.25) is 0 Å². The van der Waals surface area contributed by atoms with Crippen LogP contribution in [0.4, 0.5) is 10.5 Å². The Morgan fingerprint density at radius 2 is 2.10 bits per heavy atom. The van der Waals surface area contributed by atoms with Crippen LogP contribution in [-0.2, 0) is 4.74 Å². The van der Waals surface area contributed by atoms with Gasteiger partial charge >= 0.3 is 12.0 Å². The molecule has 114 valence electrons. The number of nitrogens with one attached hydrogen (secondary N) is 1. The van der Waals surface area contributed by atoms with E-state index in [4.69, 9.17) is 9.84 Å². The van der Waals surface area contributed by atoms with Gasteiger partial charge in [-0.2, -0.15) is 0 Å². The topological polar surface area (TPSA) is 99.1 Å². The number of urea groups is 1. The SMILES string of the molecule is CC1(C)COCCN1C(=O)Nc1ccc(C(=O)O)cc1O. The van der Waals surface area contributed by atoms with E-state index in [-0.39, 0.29) is 23.0 Å².